The van der Waals surface area contributed by atoms with Gasteiger partial charge in [-0.1, -0.05) is 27.7 Å². The minimum Gasteiger partial charge on any atom is -0.458 e. The molecule has 7 fully saturated rings. The summed E-state index contributed by atoms with van der Waals surface area (Å²) in [5, 5.41) is 21.3. The molecule has 0 aromatic heterocycles. The van der Waals surface area contributed by atoms with Gasteiger partial charge in [0.1, 0.15) is 53.6 Å². The molecule has 0 radical (unpaired) electrons. The second kappa shape index (κ2) is 15.4. The highest BCUT2D eigenvalue weighted by atomic mass is 16.7. The van der Waals surface area contributed by atoms with Gasteiger partial charge in [0.15, 0.2) is 12.6 Å². The van der Waals surface area contributed by atoms with Crippen molar-refractivity contribution >= 4 is 17.7 Å². The first kappa shape index (κ1) is 42.4. The van der Waals surface area contributed by atoms with E-state index in [1.807, 2.05) is 27.7 Å². The summed E-state index contributed by atoms with van der Waals surface area (Å²) in [6.07, 6.45) is -2.23. The predicted octanol–water partition coefficient (Wildman–Crippen LogP) is 4.02. The molecule has 4 saturated carbocycles. The minimum atomic E-state index is -1.21. The van der Waals surface area contributed by atoms with E-state index in [1.165, 1.54) is 14.0 Å². The molecule has 0 aromatic rings. The number of rotatable bonds is 11. The molecule has 2 spiro atoms. The fraction of sp³-hybridized carbons (Fsp3) is 0.929. The number of Topliss-reactive ketones (excluding diaryl/α,β-unsaturated/α-hetero) is 1. The second-order valence-corrected chi connectivity index (χ2v) is 18.6. The molecule has 318 valence electrons. The van der Waals surface area contributed by atoms with Gasteiger partial charge in [0, 0.05) is 44.8 Å². The lowest BCUT2D eigenvalue weighted by Crippen LogP contribution is -2.70. The fourth-order valence-electron chi connectivity index (χ4n) is 12.7. The highest BCUT2D eigenvalue weighted by Crippen LogP contribution is 2.81. The van der Waals surface area contributed by atoms with Crippen LogP contribution in [0.1, 0.15) is 113 Å². The summed E-state index contributed by atoms with van der Waals surface area (Å²) in [4.78, 5) is 39.9. The Morgan fingerprint density at radius 1 is 0.839 bits per heavy atom. The maximum atomic E-state index is 13.7. The van der Waals surface area contributed by atoms with Crippen LogP contribution in [0.25, 0.3) is 0 Å². The van der Waals surface area contributed by atoms with Gasteiger partial charge in [-0.25, -0.2) is 0 Å². The van der Waals surface area contributed by atoms with Gasteiger partial charge in [-0.15, -0.1) is 0 Å². The number of hydrogen-bond acceptors (Lipinski definition) is 14. The number of carbonyl (C=O) groups excluding carboxylic acids is 3. The third-order valence-corrected chi connectivity index (χ3v) is 15.8. The van der Waals surface area contributed by atoms with Gasteiger partial charge in [0.05, 0.1) is 30.3 Å². The zero-order valence-electron chi connectivity index (χ0n) is 34.9. The lowest BCUT2D eigenvalue weighted by Gasteiger charge is -2.61. The summed E-state index contributed by atoms with van der Waals surface area (Å²) >= 11 is 0. The standard InChI is InChI=1S/C42H66O14/c1-11-20(2)37(47)54-34-35-39(7)15-13-26(53-29-19-28(48-9)32(23(5)50-29)55-38-31(46)33(49-10)30(45)22(4)51-38)18-25(39)12-16-41(35)42(56-41)17-14-27(21(3)43)40(42,8)36(34)52-24(6)44/h20,22-23,25-36,38,45-46H,11-19H2,1-10H3/t20?,22-,23-,25+,26+,27+,28-,29+,30-,31-,32-,33-,34+,35-,36-,38+,39+,40+,41+,42-/m0/s1. The van der Waals surface area contributed by atoms with E-state index in [0.29, 0.717) is 25.7 Å². The van der Waals surface area contributed by atoms with Crippen LogP contribution >= 0.6 is 0 Å². The van der Waals surface area contributed by atoms with Gasteiger partial charge in [-0.05, 0) is 83.5 Å². The normalized spacial score (nSPS) is 51.4. The van der Waals surface area contributed by atoms with Crippen LogP contribution in [-0.4, -0.2) is 127 Å². The Hall–Kier alpha value is -1.75. The van der Waals surface area contributed by atoms with E-state index in [0.717, 1.165) is 32.1 Å². The van der Waals surface area contributed by atoms with Crippen LogP contribution in [0.4, 0.5) is 0 Å². The first-order valence-electron chi connectivity index (χ1n) is 21.0. The Kier molecular flexibility index (Phi) is 11.6. The Balaban J connectivity index is 1.10. The average Bonchev–Trinajstić information content (AvgIpc) is 3.70. The minimum absolute atomic E-state index is 0.0390. The number of esters is 2. The quantitative estimate of drug-likeness (QED) is 0.174. The van der Waals surface area contributed by atoms with Crippen molar-refractivity contribution in [1.82, 2.24) is 0 Å². The van der Waals surface area contributed by atoms with E-state index in [4.69, 9.17) is 42.6 Å². The Labute approximate surface area is 331 Å². The largest absolute Gasteiger partial charge is 0.458 e. The van der Waals surface area contributed by atoms with E-state index in [9.17, 15) is 24.6 Å². The molecule has 14 heteroatoms. The molecular weight excluding hydrogens is 728 g/mol. The number of epoxide rings is 1. The van der Waals surface area contributed by atoms with Crippen LogP contribution in [0.15, 0.2) is 0 Å². The summed E-state index contributed by atoms with van der Waals surface area (Å²) in [6.45, 7) is 14.7. The van der Waals surface area contributed by atoms with Crippen molar-refractivity contribution < 1.29 is 67.2 Å². The molecule has 3 aliphatic heterocycles. The number of hydrogen-bond donors (Lipinski definition) is 2. The maximum absolute atomic E-state index is 13.7. The molecule has 7 rings (SSSR count). The fourth-order valence-corrected chi connectivity index (χ4v) is 12.7. The highest BCUT2D eigenvalue weighted by Gasteiger charge is 2.91. The van der Waals surface area contributed by atoms with Crippen molar-refractivity contribution in [3.05, 3.63) is 0 Å². The Morgan fingerprint density at radius 2 is 1.57 bits per heavy atom. The molecule has 4 aliphatic carbocycles. The molecule has 7 aliphatic rings. The first-order valence-corrected chi connectivity index (χ1v) is 21.0. The Bertz CT molecular complexity index is 1490. The van der Waals surface area contributed by atoms with Gasteiger partial charge >= 0.3 is 11.9 Å². The van der Waals surface area contributed by atoms with Crippen LogP contribution < -0.4 is 0 Å². The van der Waals surface area contributed by atoms with Crippen molar-refractivity contribution in [3.63, 3.8) is 0 Å². The predicted molar refractivity (Wildman–Crippen MR) is 198 cm³/mol. The van der Waals surface area contributed by atoms with E-state index >= 15 is 0 Å². The molecular formula is C42H66O14. The van der Waals surface area contributed by atoms with E-state index in [-0.39, 0.29) is 46.9 Å². The van der Waals surface area contributed by atoms with Gasteiger partial charge in [-0.3, -0.25) is 14.4 Å². The summed E-state index contributed by atoms with van der Waals surface area (Å²) < 4.78 is 56.5. The number of ketones is 1. The SMILES string of the molecule is CCC(C)C(=O)O[C@H]1[C@H](OC(C)=O)[C@@]2(C)[C@@H](C(C)=O)CC[C@]23O[C@@]32CC[C@@H]3C[C@H](O[C@@H]4C[C@H](OC)[C@@H](O[C@H]5O[C@@H](C)[C@H](O)[C@H](OC)[C@@H]5O)[C@H](C)O4)CC[C@@]3(C)[C@H]12. The summed E-state index contributed by atoms with van der Waals surface area (Å²) in [7, 11) is 3.04. The van der Waals surface area contributed by atoms with Crippen LogP contribution in [0.2, 0.25) is 0 Å². The third-order valence-electron chi connectivity index (χ3n) is 15.8. The summed E-state index contributed by atoms with van der Waals surface area (Å²) in [5.41, 5.74) is -2.43. The van der Waals surface area contributed by atoms with Crippen LogP contribution in [0.5, 0.6) is 0 Å². The van der Waals surface area contributed by atoms with Gasteiger partial charge in [0.2, 0.25) is 0 Å². The highest BCUT2D eigenvalue weighted by molar-refractivity contribution is 5.81. The number of methoxy groups -OCH3 is 2. The van der Waals surface area contributed by atoms with Crippen molar-refractivity contribution in [3.8, 4) is 0 Å². The number of aliphatic hydroxyl groups excluding tert-OH is 2. The number of aliphatic hydroxyl groups is 2. The lowest BCUT2D eigenvalue weighted by molar-refractivity contribution is -0.343. The van der Waals surface area contributed by atoms with E-state index < -0.39 is 90.1 Å². The van der Waals surface area contributed by atoms with Crippen LogP contribution in [-0.2, 0) is 57.0 Å². The topological polar surface area (TPSA) is 178 Å². The van der Waals surface area contributed by atoms with Gasteiger partial charge in [-0.2, -0.15) is 0 Å². The first-order chi connectivity index (χ1) is 26.4. The molecule has 0 amide bonds. The van der Waals surface area contributed by atoms with E-state index in [1.54, 1.807) is 21.0 Å². The van der Waals surface area contributed by atoms with Crippen molar-refractivity contribution in [2.45, 2.75) is 198 Å². The zero-order valence-corrected chi connectivity index (χ0v) is 34.9. The Morgan fingerprint density at radius 3 is 2.21 bits per heavy atom. The van der Waals surface area contributed by atoms with Crippen LogP contribution in [0.3, 0.4) is 0 Å². The third kappa shape index (κ3) is 6.42. The number of ether oxygens (including phenoxy) is 9. The summed E-state index contributed by atoms with van der Waals surface area (Å²) in [5.74, 6) is -1.53. The molecule has 56 heavy (non-hydrogen) atoms. The van der Waals surface area contributed by atoms with Crippen molar-refractivity contribution in [2.24, 2.45) is 34.5 Å². The van der Waals surface area contributed by atoms with E-state index in [2.05, 4.69) is 6.92 Å². The summed E-state index contributed by atoms with van der Waals surface area (Å²) in [6, 6.07) is 0. The average molecular weight is 795 g/mol. The van der Waals surface area contributed by atoms with Crippen molar-refractivity contribution in [1.29, 1.82) is 0 Å². The molecule has 14 nitrogen and oxygen atoms in total. The maximum Gasteiger partial charge on any atom is 0.309 e. The number of carbonyl (C=O) groups is 3. The second-order valence-electron chi connectivity index (χ2n) is 18.6. The molecule has 1 unspecified atom stereocenters. The molecule has 0 bridgehead atoms. The zero-order chi connectivity index (χ0) is 40.7. The molecule has 0 aromatic carbocycles. The molecule has 20 atom stereocenters. The van der Waals surface area contributed by atoms with Crippen molar-refractivity contribution in [2.75, 3.05) is 14.2 Å². The smallest absolute Gasteiger partial charge is 0.309 e. The van der Waals surface area contributed by atoms with Gasteiger partial charge < -0.3 is 52.8 Å². The monoisotopic (exact) mass is 794 g/mol. The number of fused-ring (bicyclic) bond motifs is 2. The lowest BCUT2D eigenvalue weighted by atomic mass is 9.43. The van der Waals surface area contributed by atoms with Gasteiger partial charge in [0.25, 0.3) is 0 Å². The molecule has 2 N–H and O–H groups in total. The molecule has 3 heterocycles. The van der Waals surface area contributed by atoms with Crippen LogP contribution in [0, 0.1) is 34.5 Å². The molecule has 3 saturated heterocycles.